The van der Waals surface area contributed by atoms with E-state index >= 15 is 0 Å². The summed E-state index contributed by atoms with van der Waals surface area (Å²) in [6, 6.07) is 17.5. The summed E-state index contributed by atoms with van der Waals surface area (Å²) in [5, 5.41) is 0. The lowest BCUT2D eigenvalue weighted by molar-refractivity contribution is 0.322. The Morgan fingerprint density at radius 3 is 2.40 bits per heavy atom. The van der Waals surface area contributed by atoms with E-state index in [1.165, 1.54) is 5.56 Å². The Morgan fingerprint density at radius 1 is 1.00 bits per heavy atom. The summed E-state index contributed by atoms with van der Waals surface area (Å²) in [7, 11) is -3.30. The highest BCUT2D eigenvalue weighted by Gasteiger charge is 2.14. The molecule has 0 radical (unpaired) electrons. The van der Waals surface area contributed by atoms with Crippen LogP contribution in [0.25, 0.3) is 0 Å². The van der Waals surface area contributed by atoms with Crippen LogP contribution in [0.5, 0.6) is 5.75 Å². The Morgan fingerprint density at radius 2 is 1.72 bits per heavy atom. The molecule has 4 nitrogen and oxygen atoms in total. The average Bonchev–Trinajstić information content (AvgIpc) is 2.58. The molecule has 0 fully saturated rings. The number of ether oxygens (including phenoxy) is 1. The summed E-state index contributed by atoms with van der Waals surface area (Å²) >= 11 is 0. The first-order chi connectivity index (χ1) is 11.8. The summed E-state index contributed by atoms with van der Waals surface area (Å²) in [6.07, 6.45) is 0.505. The fourth-order valence-corrected chi connectivity index (χ4v) is 3.43. The monoisotopic (exact) mass is 361 g/mol. The van der Waals surface area contributed by atoms with E-state index in [-0.39, 0.29) is 17.7 Å². The first-order valence-electron chi connectivity index (χ1n) is 8.51. The smallest absolute Gasteiger partial charge is 0.212 e. The maximum atomic E-state index is 12.0. The largest absolute Gasteiger partial charge is 0.492 e. The third-order valence-electron chi connectivity index (χ3n) is 3.90. The van der Waals surface area contributed by atoms with E-state index in [1.807, 2.05) is 48.5 Å². The molecule has 0 spiro atoms. The van der Waals surface area contributed by atoms with E-state index in [2.05, 4.69) is 31.6 Å². The first-order valence-corrected chi connectivity index (χ1v) is 10.2. The lowest BCUT2D eigenvalue weighted by Crippen LogP contribution is -2.31. The van der Waals surface area contributed by atoms with Gasteiger partial charge in [-0.2, -0.15) is 0 Å². The number of rotatable bonds is 8. The van der Waals surface area contributed by atoms with Gasteiger partial charge in [0.15, 0.2) is 0 Å². The zero-order valence-corrected chi connectivity index (χ0v) is 16.0. The molecule has 0 saturated heterocycles. The van der Waals surface area contributed by atoms with Gasteiger partial charge >= 0.3 is 0 Å². The third kappa shape index (κ3) is 6.88. The second kappa shape index (κ2) is 8.50. The summed E-state index contributed by atoms with van der Waals surface area (Å²) in [6.45, 7) is 7.00. The van der Waals surface area contributed by atoms with Gasteiger partial charge in [0.25, 0.3) is 0 Å². The van der Waals surface area contributed by atoms with E-state index in [0.29, 0.717) is 13.0 Å². The van der Waals surface area contributed by atoms with Crippen molar-refractivity contribution in [3.63, 3.8) is 0 Å². The van der Waals surface area contributed by atoms with Crippen molar-refractivity contribution in [3.05, 3.63) is 65.7 Å². The fourth-order valence-electron chi connectivity index (χ4n) is 2.39. The molecular weight excluding hydrogens is 334 g/mol. The minimum atomic E-state index is -3.30. The molecular formula is C20H27NO3S. The Bertz CT molecular complexity index is 765. The molecule has 0 aliphatic carbocycles. The topological polar surface area (TPSA) is 55.4 Å². The van der Waals surface area contributed by atoms with Crippen molar-refractivity contribution >= 4 is 10.0 Å². The van der Waals surface area contributed by atoms with E-state index in [4.69, 9.17) is 4.74 Å². The molecule has 0 aliphatic heterocycles. The lowest BCUT2D eigenvalue weighted by atomic mass is 9.87. The summed E-state index contributed by atoms with van der Waals surface area (Å²) in [5.41, 5.74) is 2.26. The molecule has 0 heterocycles. The van der Waals surface area contributed by atoms with E-state index in [0.717, 1.165) is 11.3 Å². The van der Waals surface area contributed by atoms with Crippen molar-refractivity contribution in [2.45, 2.75) is 32.6 Å². The minimum Gasteiger partial charge on any atom is -0.492 e. The SMILES string of the molecule is CC(C)(C)c1cccc(OCCNS(=O)(=O)CCc2ccccc2)c1. The van der Waals surface area contributed by atoms with Gasteiger partial charge < -0.3 is 4.74 Å². The molecule has 136 valence electrons. The summed E-state index contributed by atoms with van der Waals surface area (Å²) in [5.74, 6) is 0.840. The predicted molar refractivity (Wildman–Crippen MR) is 103 cm³/mol. The fraction of sp³-hybridized carbons (Fsp3) is 0.400. The molecule has 2 aromatic rings. The van der Waals surface area contributed by atoms with E-state index in [1.54, 1.807) is 0 Å². The Labute approximate surface area is 151 Å². The quantitative estimate of drug-likeness (QED) is 0.732. The van der Waals surface area contributed by atoms with Gasteiger partial charge in [-0.1, -0.05) is 63.2 Å². The molecule has 1 N–H and O–H groups in total. The van der Waals surface area contributed by atoms with Crippen LogP contribution in [0.4, 0.5) is 0 Å². The second-order valence-electron chi connectivity index (χ2n) is 7.08. The van der Waals surface area contributed by atoms with Crippen molar-refractivity contribution in [1.82, 2.24) is 4.72 Å². The molecule has 0 saturated carbocycles. The Balaban J connectivity index is 1.76. The van der Waals surface area contributed by atoms with Crippen molar-refractivity contribution in [2.24, 2.45) is 0 Å². The van der Waals surface area contributed by atoms with Gasteiger partial charge in [-0.25, -0.2) is 13.1 Å². The minimum absolute atomic E-state index is 0.0540. The third-order valence-corrected chi connectivity index (χ3v) is 5.28. The van der Waals surface area contributed by atoms with Crippen LogP contribution in [0.3, 0.4) is 0 Å². The number of benzene rings is 2. The maximum absolute atomic E-state index is 12.0. The number of aryl methyl sites for hydroxylation is 1. The van der Waals surface area contributed by atoms with Gasteiger partial charge in [0.2, 0.25) is 10.0 Å². The highest BCUT2D eigenvalue weighted by molar-refractivity contribution is 7.89. The highest BCUT2D eigenvalue weighted by Crippen LogP contribution is 2.25. The molecule has 25 heavy (non-hydrogen) atoms. The van der Waals surface area contributed by atoms with Crippen LogP contribution in [0.2, 0.25) is 0 Å². The normalized spacial score (nSPS) is 12.1. The maximum Gasteiger partial charge on any atom is 0.212 e. The van der Waals surface area contributed by atoms with Gasteiger partial charge in [-0.3, -0.25) is 0 Å². The number of hydrogen-bond acceptors (Lipinski definition) is 3. The molecule has 2 rings (SSSR count). The lowest BCUT2D eigenvalue weighted by Gasteiger charge is -2.19. The van der Waals surface area contributed by atoms with E-state index < -0.39 is 10.0 Å². The van der Waals surface area contributed by atoms with Crippen LogP contribution < -0.4 is 9.46 Å². The number of nitrogens with one attached hydrogen (secondary N) is 1. The van der Waals surface area contributed by atoms with Crippen LogP contribution in [-0.2, 0) is 21.9 Å². The zero-order valence-electron chi connectivity index (χ0n) is 15.2. The molecule has 0 amide bonds. The molecule has 0 unspecified atom stereocenters. The van der Waals surface area contributed by atoms with E-state index in [9.17, 15) is 8.42 Å². The Kier molecular flexibility index (Phi) is 6.62. The second-order valence-corrected chi connectivity index (χ2v) is 9.00. The van der Waals surface area contributed by atoms with Gasteiger partial charge in [0.1, 0.15) is 12.4 Å². The molecule has 5 heteroatoms. The highest BCUT2D eigenvalue weighted by atomic mass is 32.2. The van der Waals surface area contributed by atoms with Crippen molar-refractivity contribution in [3.8, 4) is 5.75 Å². The van der Waals surface area contributed by atoms with Gasteiger partial charge in [0, 0.05) is 6.54 Å². The van der Waals surface area contributed by atoms with Crippen LogP contribution in [0.15, 0.2) is 54.6 Å². The molecule has 0 bridgehead atoms. The van der Waals surface area contributed by atoms with Crippen molar-refractivity contribution < 1.29 is 13.2 Å². The zero-order chi connectivity index (χ0) is 18.3. The van der Waals surface area contributed by atoms with Crippen LogP contribution in [-0.4, -0.2) is 27.3 Å². The average molecular weight is 362 g/mol. The van der Waals surface area contributed by atoms with Crippen LogP contribution >= 0.6 is 0 Å². The van der Waals surface area contributed by atoms with Gasteiger partial charge in [-0.05, 0) is 35.1 Å². The number of sulfonamides is 1. The molecule has 0 aromatic heterocycles. The van der Waals surface area contributed by atoms with Gasteiger partial charge in [-0.15, -0.1) is 0 Å². The number of hydrogen-bond donors (Lipinski definition) is 1. The van der Waals surface area contributed by atoms with Crippen molar-refractivity contribution in [2.75, 3.05) is 18.9 Å². The Hall–Kier alpha value is -1.85. The summed E-state index contributed by atoms with van der Waals surface area (Å²) < 4.78 is 32.3. The first kappa shape index (κ1) is 19.5. The molecule has 0 aliphatic rings. The van der Waals surface area contributed by atoms with Crippen LogP contribution in [0, 0.1) is 0 Å². The standard InChI is InChI=1S/C20H27NO3S/c1-20(2,3)18-10-7-11-19(16-18)24-14-13-21-25(22,23)15-12-17-8-5-4-6-9-17/h4-11,16,21H,12-15H2,1-3H3. The molecule has 0 atom stereocenters. The molecule has 2 aromatic carbocycles. The van der Waals surface area contributed by atoms with Crippen molar-refractivity contribution in [1.29, 1.82) is 0 Å². The van der Waals surface area contributed by atoms with Crippen LogP contribution in [0.1, 0.15) is 31.9 Å². The summed E-state index contributed by atoms with van der Waals surface area (Å²) in [4.78, 5) is 0. The predicted octanol–water partition coefficient (Wildman–Crippen LogP) is 3.53. The van der Waals surface area contributed by atoms with Gasteiger partial charge in [0.05, 0.1) is 5.75 Å².